The van der Waals surface area contributed by atoms with Gasteiger partial charge in [0, 0.05) is 17.5 Å². The highest BCUT2D eigenvalue weighted by molar-refractivity contribution is 6.30. The fourth-order valence-corrected chi connectivity index (χ4v) is 3.59. The van der Waals surface area contributed by atoms with Gasteiger partial charge in [-0.3, -0.25) is 9.59 Å². The first-order valence-electron chi connectivity index (χ1n) is 7.92. The lowest BCUT2D eigenvalue weighted by atomic mass is 9.82. The lowest BCUT2D eigenvalue weighted by Gasteiger charge is -2.27. The summed E-state index contributed by atoms with van der Waals surface area (Å²) in [7, 11) is 0. The van der Waals surface area contributed by atoms with E-state index in [4.69, 9.17) is 9.84 Å². The van der Waals surface area contributed by atoms with Gasteiger partial charge >= 0.3 is 5.97 Å². The number of aliphatic carboxylic acids is 1. The minimum Gasteiger partial charge on any atom is -0.507 e. The van der Waals surface area contributed by atoms with Crippen LogP contribution in [-0.2, 0) is 11.2 Å². The van der Waals surface area contributed by atoms with Gasteiger partial charge in [-0.1, -0.05) is 18.2 Å². The van der Waals surface area contributed by atoms with E-state index in [2.05, 4.69) is 0 Å². The van der Waals surface area contributed by atoms with Crippen LogP contribution in [0.15, 0.2) is 30.3 Å². The summed E-state index contributed by atoms with van der Waals surface area (Å²) in [5.74, 6) is -2.61. The number of aromatic hydroxyl groups is 1. The number of fused-ring (bicyclic) bond motifs is 4. The number of carbonyl (C=O) groups is 3. The third-order valence-electron chi connectivity index (χ3n) is 4.91. The number of ether oxygens (including phenoxy) is 1. The summed E-state index contributed by atoms with van der Waals surface area (Å²) >= 11 is 0. The summed E-state index contributed by atoms with van der Waals surface area (Å²) in [5.41, 5.74) is -0.797. The van der Waals surface area contributed by atoms with Crippen LogP contribution in [0.3, 0.4) is 0 Å². The minimum atomic E-state index is -1.80. The Morgan fingerprint density at radius 1 is 1.12 bits per heavy atom. The molecule has 4 rings (SSSR count). The number of aliphatic hydroxyl groups excluding tert-OH is 1. The highest BCUT2D eigenvalue weighted by Crippen LogP contribution is 2.44. The summed E-state index contributed by atoms with van der Waals surface area (Å²) in [5, 5.41) is 29.0. The van der Waals surface area contributed by atoms with E-state index in [1.165, 1.54) is 31.2 Å². The quantitative estimate of drug-likeness (QED) is 0.634. The van der Waals surface area contributed by atoms with E-state index in [1.807, 2.05) is 0 Å². The van der Waals surface area contributed by atoms with Gasteiger partial charge in [0.2, 0.25) is 0 Å². The van der Waals surface area contributed by atoms with Crippen molar-refractivity contribution in [1.82, 2.24) is 0 Å². The van der Waals surface area contributed by atoms with Crippen molar-refractivity contribution in [3.63, 3.8) is 0 Å². The standard InChI is InChI=1S/C19H14O7/c1-19(17(23)18(24)25)7-8-5-6-10-13(16(8)26-19)15(22)9-3-2-4-11(20)12(9)14(10)21/h2-6,17,20,23H,7H2,1H3,(H,24,25). The zero-order chi connectivity index (χ0) is 18.8. The highest BCUT2D eigenvalue weighted by Gasteiger charge is 2.48. The van der Waals surface area contributed by atoms with Crippen molar-refractivity contribution in [2.45, 2.75) is 25.0 Å². The Bertz CT molecular complexity index is 1010. The number of rotatable bonds is 2. The van der Waals surface area contributed by atoms with Gasteiger partial charge in [-0.05, 0) is 24.6 Å². The lowest BCUT2D eigenvalue weighted by Crippen LogP contribution is -2.48. The van der Waals surface area contributed by atoms with E-state index in [0.29, 0.717) is 5.56 Å². The number of carbonyl (C=O) groups excluding carboxylic acids is 2. The van der Waals surface area contributed by atoms with Crippen LogP contribution < -0.4 is 4.74 Å². The first-order chi connectivity index (χ1) is 12.2. The van der Waals surface area contributed by atoms with E-state index in [0.717, 1.165) is 0 Å². The van der Waals surface area contributed by atoms with Crippen LogP contribution in [0.2, 0.25) is 0 Å². The summed E-state index contributed by atoms with van der Waals surface area (Å²) in [6, 6.07) is 7.28. The second-order valence-corrected chi connectivity index (χ2v) is 6.67. The number of hydrogen-bond donors (Lipinski definition) is 3. The lowest BCUT2D eigenvalue weighted by molar-refractivity contribution is -0.157. The Hall–Kier alpha value is -3.19. The van der Waals surface area contributed by atoms with Crippen molar-refractivity contribution in [1.29, 1.82) is 0 Å². The number of phenolic OH excluding ortho intramolecular Hbond substituents is 1. The number of carboxylic acid groups (broad SMARTS) is 1. The maximum Gasteiger partial charge on any atom is 0.336 e. The van der Waals surface area contributed by atoms with E-state index < -0.39 is 29.2 Å². The van der Waals surface area contributed by atoms with E-state index in [1.54, 1.807) is 6.07 Å². The minimum absolute atomic E-state index is 0.0342. The van der Waals surface area contributed by atoms with Crippen molar-refractivity contribution in [2.75, 3.05) is 0 Å². The Balaban J connectivity index is 1.89. The molecule has 0 saturated heterocycles. The molecule has 1 aliphatic heterocycles. The molecule has 2 unspecified atom stereocenters. The van der Waals surface area contributed by atoms with Gasteiger partial charge < -0.3 is 20.1 Å². The van der Waals surface area contributed by atoms with Crippen LogP contribution in [0.25, 0.3) is 0 Å². The molecule has 7 heteroatoms. The molecule has 2 aromatic rings. The molecule has 0 fully saturated rings. The molecular weight excluding hydrogens is 340 g/mol. The average Bonchev–Trinajstić information content (AvgIpc) is 2.95. The maximum absolute atomic E-state index is 13.0. The molecular formula is C19H14O7. The fourth-order valence-electron chi connectivity index (χ4n) is 3.59. The van der Waals surface area contributed by atoms with Gasteiger partial charge in [0.1, 0.15) is 17.1 Å². The number of hydrogen-bond acceptors (Lipinski definition) is 6. The topological polar surface area (TPSA) is 121 Å². The van der Waals surface area contributed by atoms with Gasteiger partial charge in [0.25, 0.3) is 0 Å². The van der Waals surface area contributed by atoms with Crippen molar-refractivity contribution >= 4 is 17.5 Å². The Morgan fingerprint density at radius 3 is 2.46 bits per heavy atom. The number of ketones is 2. The summed E-state index contributed by atoms with van der Waals surface area (Å²) in [6.07, 6.45) is -1.71. The summed E-state index contributed by atoms with van der Waals surface area (Å²) in [6.45, 7) is 1.44. The average molecular weight is 354 g/mol. The highest BCUT2D eigenvalue weighted by atomic mass is 16.5. The number of benzene rings is 2. The molecule has 132 valence electrons. The van der Waals surface area contributed by atoms with Gasteiger partial charge in [0.15, 0.2) is 17.7 Å². The number of carboxylic acids is 1. The molecule has 1 aliphatic carbocycles. The zero-order valence-electron chi connectivity index (χ0n) is 13.6. The Morgan fingerprint density at radius 2 is 1.77 bits per heavy atom. The van der Waals surface area contributed by atoms with Crippen molar-refractivity contribution in [2.24, 2.45) is 0 Å². The predicted molar refractivity (Wildman–Crippen MR) is 87.8 cm³/mol. The summed E-state index contributed by atoms with van der Waals surface area (Å²) < 4.78 is 5.71. The SMILES string of the molecule is CC1(C(O)C(=O)O)Cc2ccc3c(c2O1)C(=O)c1cccc(O)c1C3=O. The van der Waals surface area contributed by atoms with E-state index in [-0.39, 0.29) is 40.2 Å². The molecule has 26 heavy (non-hydrogen) atoms. The van der Waals surface area contributed by atoms with E-state index in [9.17, 15) is 24.6 Å². The van der Waals surface area contributed by atoms with Crippen LogP contribution in [0.1, 0.15) is 44.3 Å². The van der Waals surface area contributed by atoms with Crippen LogP contribution in [0, 0.1) is 0 Å². The zero-order valence-corrected chi connectivity index (χ0v) is 13.6. The monoisotopic (exact) mass is 354 g/mol. The first kappa shape index (κ1) is 16.3. The molecule has 0 bridgehead atoms. The van der Waals surface area contributed by atoms with Crippen LogP contribution in [0.4, 0.5) is 0 Å². The normalized spacial score (nSPS) is 21.5. The predicted octanol–water partition coefficient (Wildman–Crippen LogP) is 1.31. The molecule has 2 aromatic carbocycles. The smallest absolute Gasteiger partial charge is 0.336 e. The molecule has 0 spiro atoms. The van der Waals surface area contributed by atoms with Crippen LogP contribution >= 0.6 is 0 Å². The van der Waals surface area contributed by atoms with Gasteiger partial charge in [-0.15, -0.1) is 0 Å². The molecule has 0 aromatic heterocycles. The van der Waals surface area contributed by atoms with Gasteiger partial charge in [0.05, 0.1) is 11.1 Å². The molecule has 0 amide bonds. The molecule has 7 nitrogen and oxygen atoms in total. The van der Waals surface area contributed by atoms with Crippen molar-refractivity contribution in [3.8, 4) is 11.5 Å². The molecule has 2 atom stereocenters. The fraction of sp³-hybridized carbons (Fsp3) is 0.211. The molecule has 2 aliphatic rings. The third kappa shape index (κ3) is 2.01. The number of aliphatic hydroxyl groups is 1. The summed E-state index contributed by atoms with van der Waals surface area (Å²) in [4.78, 5) is 36.9. The van der Waals surface area contributed by atoms with E-state index >= 15 is 0 Å². The first-order valence-corrected chi connectivity index (χ1v) is 7.92. The largest absolute Gasteiger partial charge is 0.507 e. The van der Waals surface area contributed by atoms with Crippen molar-refractivity contribution in [3.05, 3.63) is 58.1 Å². The molecule has 1 heterocycles. The van der Waals surface area contributed by atoms with Gasteiger partial charge in [-0.25, -0.2) is 4.79 Å². The Labute approximate surface area is 147 Å². The second kappa shape index (κ2) is 5.15. The maximum atomic E-state index is 13.0. The molecule has 0 saturated carbocycles. The number of phenols is 1. The van der Waals surface area contributed by atoms with Crippen LogP contribution in [0.5, 0.6) is 11.5 Å². The third-order valence-corrected chi connectivity index (χ3v) is 4.91. The second-order valence-electron chi connectivity index (χ2n) is 6.67. The van der Waals surface area contributed by atoms with Gasteiger partial charge in [-0.2, -0.15) is 0 Å². The molecule has 0 radical (unpaired) electrons. The molecule has 3 N–H and O–H groups in total. The Kier molecular flexibility index (Phi) is 3.23. The van der Waals surface area contributed by atoms with Crippen LogP contribution in [-0.4, -0.2) is 44.6 Å². The van der Waals surface area contributed by atoms with Crippen molar-refractivity contribution < 1.29 is 34.4 Å².